The normalized spacial score (nSPS) is 13.7. The van der Waals surface area contributed by atoms with Crippen LogP contribution in [-0.4, -0.2) is 19.6 Å². The summed E-state index contributed by atoms with van der Waals surface area (Å²) in [6.07, 6.45) is 3.31. The maximum absolute atomic E-state index is 11.9. The van der Waals surface area contributed by atoms with Gasteiger partial charge in [0, 0.05) is 4.88 Å². The third-order valence-electron chi connectivity index (χ3n) is 3.31. The van der Waals surface area contributed by atoms with E-state index in [0.717, 1.165) is 34.4 Å². The van der Waals surface area contributed by atoms with Gasteiger partial charge in [0.1, 0.15) is 0 Å². The van der Waals surface area contributed by atoms with E-state index in [2.05, 4.69) is 9.97 Å². The fourth-order valence-corrected chi connectivity index (χ4v) is 3.48. The van der Waals surface area contributed by atoms with Crippen molar-refractivity contribution in [3.8, 4) is 11.0 Å². The minimum atomic E-state index is -0.646. The molecule has 0 saturated carbocycles. The van der Waals surface area contributed by atoms with Crippen molar-refractivity contribution < 1.29 is 5.11 Å². The molecule has 0 amide bonds. The smallest absolute Gasteiger partial charge is 0.337 e. The van der Waals surface area contributed by atoms with Gasteiger partial charge in [-0.1, -0.05) is 6.92 Å². The van der Waals surface area contributed by atoms with E-state index in [-0.39, 0.29) is 11.4 Å². The zero-order valence-corrected chi connectivity index (χ0v) is 11.2. The second kappa shape index (κ2) is 4.34. The van der Waals surface area contributed by atoms with Gasteiger partial charge in [-0.3, -0.25) is 9.78 Å². The van der Waals surface area contributed by atoms with Gasteiger partial charge in [-0.25, -0.2) is 14.3 Å². The fourth-order valence-electron chi connectivity index (χ4n) is 2.33. The largest absolute Gasteiger partial charge is 0.494 e. The molecule has 0 unspecified atom stereocenters. The van der Waals surface area contributed by atoms with Crippen LogP contribution in [0.1, 0.15) is 29.5 Å². The van der Waals surface area contributed by atoms with E-state index in [9.17, 15) is 14.7 Å². The third kappa shape index (κ3) is 1.81. The molecular weight excluding hydrogens is 266 g/mol. The van der Waals surface area contributed by atoms with Crippen molar-refractivity contribution in [2.75, 3.05) is 0 Å². The van der Waals surface area contributed by atoms with Crippen molar-refractivity contribution in [2.45, 2.75) is 32.6 Å². The number of thiazole rings is 1. The summed E-state index contributed by atoms with van der Waals surface area (Å²) in [6, 6.07) is 0. The van der Waals surface area contributed by atoms with Crippen molar-refractivity contribution in [1.82, 2.24) is 14.5 Å². The van der Waals surface area contributed by atoms with Gasteiger partial charge in [0.15, 0.2) is 0 Å². The second-order valence-electron chi connectivity index (χ2n) is 4.47. The number of H-pyrrole nitrogens is 1. The number of aryl methyl sites for hydroxylation is 2. The number of hydrogen-bond donors (Lipinski definition) is 2. The summed E-state index contributed by atoms with van der Waals surface area (Å²) in [5.41, 5.74) is 0.0166. The number of aromatic amines is 1. The maximum atomic E-state index is 11.9. The molecule has 6 nitrogen and oxygen atoms in total. The average molecular weight is 279 g/mol. The molecule has 0 radical (unpaired) electrons. The van der Waals surface area contributed by atoms with Crippen molar-refractivity contribution in [3.05, 3.63) is 37.0 Å². The molecule has 2 heterocycles. The molecule has 7 heteroatoms. The number of nitrogens with zero attached hydrogens (tertiary/aromatic N) is 2. The Kier molecular flexibility index (Phi) is 2.78. The van der Waals surface area contributed by atoms with Crippen LogP contribution in [0.5, 0.6) is 5.88 Å². The summed E-state index contributed by atoms with van der Waals surface area (Å²) < 4.78 is 1.09. The first-order valence-corrected chi connectivity index (χ1v) is 6.99. The Balaban J connectivity index is 2.24. The van der Waals surface area contributed by atoms with Crippen LogP contribution in [0.2, 0.25) is 0 Å². The molecule has 0 fully saturated rings. The van der Waals surface area contributed by atoms with E-state index in [4.69, 9.17) is 0 Å². The van der Waals surface area contributed by atoms with Crippen LogP contribution in [0.25, 0.3) is 5.13 Å². The number of fused-ring (bicyclic) bond motifs is 1. The van der Waals surface area contributed by atoms with Gasteiger partial charge in [-0.05, 0) is 25.7 Å². The predicted molar refractivity (Wildman–Crippen MR) is 71.4 cm³/mol. The second-order valence-corrected chi connectivity index (χ2v) is 5.53. The lowest BCUT2D eigenvalue weighted by atomic mass is 10.2. The summed E-state index contributed by atoms with van der Waals surface area (Å²) in [4.78, 5) is 31.2. The summed E-state index contributed by atoms with van der Waals surface area (Å²) >= 11 is 1.40. The first-order valence-electron chi connectivity index (χ1n) is 6.18. The molecule has 2 aromatic heterocycles. The molecule has 100 valence electrons. The van der Waals surface area contributed by atoms with Gasteiger partial charge in [0.2, 0.25) is 11.0 Å². The van der Waals surface area contributed by atoms with Gasteiger partial charge in [-0.2, -0.15) is 0 Å². The van der Waals surface area contributed by atoms with Crippen molar-refractivity contribution >= 4 is 11.3 Å². The number of nitrogens with one attached hydrogen (secondary N) is 1. The summed E-state index contributed by atoms with van der Waals surface area (Å²) in [5, 5.41) is 10.5. The maximum Gasteiger partial charge on any atom is 0.337 e. The van der Waals surface area contributed by atoms with Gasteiger partial charge >= 0.3 is 5.69 Å². The molecule has 0 bridgehead atoms. The van der Waals surface area contributed by atoms with Crippen LogP contribution in [0, 0.1) is 0 Å². The van der Waals surface area contributed by atoms with E-state index in [1.807, 2.05) is 0 Å². The van der Waals surface area contributed by atoms with Gasteiger partial charge in [0.25, 0.3) is 5.56 Å². The molecule has 3 rings (SSSR count). The highest BCUT2D eigenvalue weighted by Gasteiger charge is 2.21. The lowest BCUT2D eigenvalue weighted by Crippen LogP contribution is -2.31. The average Bonchev–Trinajstić information content (AvgIpc) is 2.89. The summed E-state index contributed by atoms with van der Waals surface area (Å²) in [6.45, 7) is 1.75. The summed E-state index contributed by atoms with van der Waals surface area (Å²) in [5.74, 6) is -0.302. The van der Waals surface area contributed by atoms with E-state index in [1.165, 1.54) is 11.3 Å². The standard InChI is InChI=1S/C12H13N3O3S/c1-2-6-9(16)14-11(18)15(10(6)17)12-13-7-4-3-5-8(7)19-12/h17H,2-5H2,1H3,(H,14,16,18). The molecule has 2 N–H and O–H groups in total. The van der Waals surface area contributed by atoms with E-state index < -0.39 is 11.2 Å². The lowest BCUT2D eigenvalue weighted by Gasteiger charge is -2.07. The first-order chi connectivity index (χ1) is 9.11. The van der Waals surface area contributed by atoms with Crippen LogP contribution in [-0.2, 0) is 19.3 Å². The molecule has 0 atom stereocenters. The number of aromatic hydroxyl groups is 1. The SMILES string of the molecule is CCc1c(O)n(-c2nc3c(s2)CCC3)c(=O)[nH]c1=O. The van der Waals surface area contributed by atoms with Crippen LogP contribution in [0.15, 0.2) is 9.59 Å². The van der Waals surface area contributed by atoms with Crippen LogP contribution in [0.4, 0.5) is 0 Å². The van der Waals surface area contributed by atoms with Gasteiger partial charge in [0.05, 0.1) is 11.3 Å². The molecule has 2 aromatic rings. The summed E-state index contributed by atoms with van der Waals surface area (Å²) in [7, 11) is 0. The monoisotopic (exact) mass is 279 g/mol. The fraction of sp³-hybridized carbons (Fsp3) is 0.417. The van der Waals surface area contributed by atoms with Crippen molar-refractivity contribution in [3.63, 3.8) is 0 Å². The highest BCUT2D eigenvalue weighted by molar-refractivity contribution is 7.14. The van der Waals surface area contributed by atoms with Crippen LogP contribution in [0.3, 0.4) is 0 Å². The zero-order chi connectivity index (χ0) is 13.6. The Morgan fingerprint density at radius 2 is 2.21 bits per heavy atom. The van der Waals surface area contributed by atoms with Crippen molar-refractivity contribution in [1.29, 1.82) is 0 Å². The molecule has 1 aliphatic rings. The van der Waals surface area contributed by atoms with E-state index in [1.54, 1.807) is 6.92 Å². The quantitative estimate of drug-likeness (QED) is 0.848. The highest BCUT2D eigenvalue weighted by Crippen LogP contribution is 2.30. The molecule has 0 spiro atoms. The molecule has 1 aliphatic carbocycles. The van der Waals surface area contributed by atoms with Crippen LogP contribution >= 0.6 is 11.3 Å². The van der Waals surface area contributed by atoms with Gasteiger partial charge in [-0.15, -0.1) is 11.3 Å². The Morgan fingerprint density at radius 1 is 1.42 bits per heavy atom. The Bertz CT molecular complexity index is 735. The Hall–Kier alpha value is -1.89. The first kappa shape index (κ1) is 12.2. The number of hydrogen-bond acceptors (Lipinski definition) is 5. The van der Waals surface area contributed by atoms with Crippen molar-refractivity contribution in [2.24, 2.45) is 0 Å². The Labute approximate surface area is 112 Å². The Morgan fingerprint density at radius 3 is 2.89 bits per heavy atom. The molecular formula is C12H13N3O3S. The van der Waals surface area contributed by atoms with Gasteiger partial charge < -0.3 is 5.11 Å². The predicted octanol–water partition coefficient (Wildman–Crippen LogP) is 0.739. The minimum absolute atomic E-state index is 0.204. The molecule has 0 saturated heterocycles. The molecule has 19 heavy (non-hydrogen) atoms. The van der Waals surface area contributed by atoms with E-state index >= 15 is 0 Å². The van der Waals surface area contributed by atoms with Crippen LogP contribution < -0.4 is 11.2 Å². The lowest BCUT2D eigenvalue weighted by molar-refractivity contribution is 0.423. The van der Waals surface area contributed by atoms with E-state index in [0.29, 0.717) is 11.6 Å². The third-order valence-corrected chi connectivity index (χ3v) is 4.45. The molecule has 0 aromatic carbocycles. The number of aromatic nitrogens is 3. The highest BCUT2D eigenvalue weighted by atomic mass is 32.1. The molecule has 0 aliphatic heterocycles. The number of rotatable bonds is 2. The topological polar surface area (TPSA) is 88.0 Å². The zero-order valence-electron chi connectivity index (χ0n) is 10.4. The minimum Gasteiger partial charge on any atom is -0.494 e.